The molecule has 1 amide bonds. The number of hydrogen-bond acceptors (Lipinski definition) is 2. The van der Waals surface area contributed by atoms with Crippen LogP contribution in [0.25, 0.3) is 0 Å². The number of aryl methyl sites for hydroxylation is 1. The summed E-state index contributed by atoms with van der Waals surface area (Å²) >= 11 is 3.27. The molecule has 3 nitrogen and oxygen atoms in total. The van der Waals surface area contributed by atoms with Gasteiger partial charge in [0.1, 0.15) is 4.60 Å². The molecule has 4 heteroatoms. The molecule has 0 aromatic carbocycles. The molecular formula is C11H15BrN2O. The van der Waals surface area contributed by atoms with Gasteiger partial charge in [0, 0.05) is 5.69 Å². The summed E-state index contributed by atoms with van der Waals surface area (Å²) in [4.78, 5) is 15.6. The van der Waals surface area contributed by atoms with Gasteiger partial charge < -0.3 is 5.73 Å². The molecule has 1 rings (SSSR count). The fraction of sp³-hybridized carbons (Fsp3) is 0.455. The minimum absolute atomic E-state index is 0.337. The van der Waals surface area contributed by atoms with Gasteiger partial charge in [0.2, 0.25) is 0 Å². The zero-order valence-electron chi connectivity index (χ0n) is 9.39. The van der Waals surface area contributed by atoms with Gasteiger partial charge in [-0.25, -0.2) is 4.98 Å². The molecule has 0 radical (unpaired) electrons. The van der Waals surface area contributed by atoms with E-state index in [1.54, 1.807) is 0 Å². The number of amides is 1. The maximum atomic E-state index is 11.3. The van der Waals surface area contributed by atoms with Crippen LogP contribution in [-0.4, -0.2) is 10.9 Å². The highest BCUT2D eigenvalue weighted by molar-refractivity contribution is 9.10. The fourth-order valence-corrected chi connectivity index (χ4v) is 2.72. The van der Waals surface area contributed by atoms with Crippen molar-refractivity contribution in [3.05, 3.63) is 27.0 Å². The quantitative estimate of drug-likeness (QED) is 0.841. The highest BCUT2D eigenvalue weighted by Crippen LogP contribution is 2.28. The largest absolute Gasteiger partial charge is 0.366 e. The molecule has 0 aliphatic carbocycles. The predicted octanol–water partition coefficient (Wildman–Crippen LogP) is 2.68. The molecule has 82 valence electrons. The fourth-order valence-electron chi connectivity index (χ4n) is 1.96. The van der Waals surface area contributed by atoms with E-state index in [1.807, 2.05) is 13.8 Å². The number of rotatable bonds is 2. The molecule has 0 saturated heterocycles. The van der Waals surface area contributed by atoms with Crippen LogP contribution in [0.3, 0.4) is 0 Å². The van der Waals surface area contributed by atoms with Gasteiger partial charge in [0.05, 0.1) is 5.56 Å². The van der Waals surface area contributed by atoms with Crippen LogP contribution >= 0.6 is 15.9 Å². The van der Waals surface area contributed by atoms with E-state index in [-0.39, 0.29) is 0 Å². The van der Waals surface area contributed by atoms with E-state index >= 15 is 0 Å². The number of halogens is 1. The highest BCUT2D eigenvalue weighted by atomic mass is 79.9. The van der Waals surface area contributed by atoms with Gasteiger partial charge in [-0.15, -0.1) is 0 Å². The average Bonchev–Trinajstić information content (AvgIpc) is 1.99. The van der Waals surface area contributed by atoms with Gasteiger partial charge in [0.15, 0.2) is 0 Å². The summed E-state index contributed by atoms with van der Waals surface area (Å²) in [5, 5.41) is 0. The third kappa shape index (κ3) is 2.20. The molecule has 2 N–H and O–H groups in total. The van der Waals surface area contributed by atoms with Crippen LogP contribution in [0.1, 0.15) is 46.9 Å². The topological polar surface area (TPSA) is 56.0 Å². The second kappa shape index (κ2) is 4.31. The third-order valence-electron chi connectivity index (χ3n) is 2.46. The molecule has 0 atom stereocenters. The number of carbonyl (C=O) groups excluding carboxylic acids is 1. The molecule has 0 unspecified atom stereocenters. The zero-order valence-corrected chi connectivity index (χ0v) is 11.0. The maximum Gasteiger partial charge on any atom is 0.251 e. The Morgan fingerprint density at radius 3 is 2.33 bits per heavy atom. The summed E-state index contributed by atoms with van der Waals surface area (Å²) in [6.07, 6.45) is 0. The molecule has 1 heterocycles. The third-order valence-corrected chi connectivity index (χ3v) is 3.04. The van der Waals surface area contributed by atoms with E-state index in [0.29, 0.717) is 16.1 Å². The van der Waals surface area contributed by atoms with Crippen molar-refractivity contribution in [3.8, 4) is 0 Å². The number of hydrogen-bond donors (Lipinski definition) is 1. The summed E-state index contributed by atoms with van der Waals surface area (Å²) in [7, 11) is 0. The Balaban J connectivity index is 3.56. The number of nitrogens with zero attached hydrogens (tertiary/aromatic N) is 1. The second-order valence-electron chi connectivity index (χ2n) is 3.92. The van der Waals surface area contributed by atoms with E-state index in [2.05, 4.69) is 34.8 Å². The summed E-state index contributed by atoms with van der Waals surface area (Å²) in [6, 6.07) is 0. The van der Waals surface area contributed by atoms with Crippen LogP contribution < -0.4 is 5.73 Å². The molecule has 0 saturated carbocycles. The van der Waals surface area contributed by atoms with Crippen LogP contribution in [0.4, 0.5) is 0 Å². The predicted molar refractivity (Wildman–Crippen MR) is 64.0 cm³/mol. The lowest BCUT2D eigenvalue weighted by atomic mass is 9.94. The Morgan fingerprint density at radius 1 is 1.40 bits per heavy atom. The Hall–Kier alpha value is -0.900. The average molecular weight is 271 g/mol. The van der Waals surface area contributed by atoms with Crippen LogP contribution in [0.15, 0.2) is 4.60 Å². The van der Waals surface area contributed by atoms with Gasteiger partial charge in [-0.1, -0.05) is 13.8 Å². The van der Waals surface area contributed by atoms with Crippen LogP contribution in [0, 0.1) is 13.8 Å². The molecule has 0 fully saturated rings. The molecule has 15 heavy (non-hydrogen) atoms. The van der Waals surface area contributed by atoms with Gasteiger partial charge in [-0.2, -0.15) is 0 Å². The van der Waals surface area contributed by atoms with E-state index < -0.39 is 5.91 Å². The van der Waals surface area contributed by atoms with Gasteiger partial charge >= 0.3 is 0 Å². The first-order valence-electron chi connectivity index (χ1n) is 4.82. The van der Waals surface area contributed by atoms with E-state index in [0.717, 1.165) is 16.8 Å². The van der Waals surface area contributed by atoms with Crippen LogP contribution in [-0.2, 0) is 0 Å². The van der Waals surface area contributed by atoms with Crippen LogP contribution in [0.5, 0.6) is 0 Å². The van der Waals surface area contributed by atoms with E-state index in [1.165, 1.54) is 0 Å². The summed E-state index contributed by atoms with van der Waals surface area (Å²) in [6.45, 7) is 8.01. The maximum absolute atomic E-state index is 11.3. The number of aromatic nitrogens is 1. The van der Waals surface area contributed by atoms with Crippen molar-refractivity contribution in [3.63, 3.8) is 0 Å². The lowest BCUT2D eigenvalue weighted by Crippen LogP contribution is -2.17. The zero-order chi connectivity index (χ0) is 11.7. The van der Waals surface area contributed by atoms with E-state index in [4.69, 9.17) is 5.73 Å². The van der Waals surface area contributed by atoms with Crippen LogP contribution in [0.2, 0.25) is 0 Å². The first-order chi connectivity index (χ1) is 6.86. The minimum Gasteiger partial charge on any atom is -0.366 e. The van der Waals surface area contributed by atoms with Gasteiger partial charge in [0.25, 0.3) is 5.91 Å². The normalized spacial score (nSPS) is 10.8. The molecule has 1 aromatic rings. The van der Waals surface area contributed by atoms with Crippen molar-refractivity contribution in [1.29, 1.82) is 0 Å². The highest BCUT2D eigenvalue weighted by Gasteiger charge is 2.18. The Morgan fingerprint density at radius 2 is 1.93 bits per heavy atom. The molecule has 1 aromatic heterocycles. The smallest absolute Gasteiger partial charge is 0.251 e. The lowest BCUT2D eigenvalue weighted by molar-refractivity contribution is 0.0998. The first kappa shape index (κ1) is 12.2. The van der Waals surface area contributed by atoms with Crippen molar-refractivity contribution in [1.82, 2.24) is 4.98 Å². The van der Waals surface area contributed by atoms with Crippen molar-refractivity contribution in [2.24, 2.45) is 5.73 Å². The van der Waals surface area contributed by atoms with Crippen molar-refractivity contribution in [2.45, 2.75) is 33.6 Å². The van der Waals surface area contributed by atoms with Gasteiger partial charge in [-0.3, -0.25) is 4.79 Å². The molecule has 0 bridgehead atoms. The molecule has 0 aliphatic heterocycles. The number of pyridine rings is 1. The Labute approximate surface area is 98.2 Å². The van der Waals surface area contributed by atoms with Crippen molar-refractivity contribution < 1.29 is 4.79 Å². The summed E-state index contributed by atoms with van der Waals surface area (Å²) in [5.41, 5.74) is 8.79. The Bertz CT molecular complexity index is 414. The SMILES string of the molecule is Cc1nc(Br)c(C(N)=O)c(C)c1C(C)C. The summed E-state index contributed by atoms with van der Waals surface area (Å²) < 4.78 is 0.536. The van der Waals surface area contributed by atoms with Crippen molar-refractivity contribution in [2.75, 3.05) is 0 Å². The molecule has 0 spiro atoms. The van der Waals surface area contributed by atoms with Gasteiger partial charge in [-0.05, 0) is 46.8 Å². The number of nitrogens with two attached hydrogens (primary N) is 1. The minimum atomic E-state index is -0.436. The Kier molecular flexibility index (Phi) is 3.50. The molecule has 0 aliphatic rings. The summed E-state index contributed by atoms with van der Waals surface area (Å²) in [5.74, 6) is -0.0996. The molecular weight excluding hydrogens is 256 g/mol. The second-order valence-corrected chi connectivity index (χ2v) is 4.67. The van der Waals surface area contributed by atoms with E-state index in [9.17, 15) is 4.79 Å². The monoisotopic (exact) mass is 270 g/mol. The standard InChI is InChI=1S/C11H15BrN2O/c1-5(2)8-6(3)9(11(13)15)10(12)14-7(8)4/h5H,1-4H3,(H2,13,15). The lowest BCUT2D eigenvalue weighted by Gasteiger charge is -2.16. The number of primary amides is 1. The number of carbonyl (C=O) groups is 1. The van der Waals surface area contributed by atoms with Crippen molar-refractivity contribution >= 4 is 21.8 Å². The first-order valence-corrected chi connectivity index (χ1v) is 5.62.